The molecule has 1 aliphatic heterocycles. The van der Waals surface area contributed by atoms with Crippen LogP contribution in [0.1, 0.15) is 6.42 Å². The fourth-order valence-electron chi connectivity index (χ4n) is 1.34. The molecule has 72 valence electrons. The van der Waals surface area contributed by atoms with Crippen molar-refractivity contribution >= 4 is 17.9 Å². The zero-order valence-electron chi connectivity index (χ0n) is 7.72. The van der Waals surface area contributed by atoms with Gasteiger partial charge >= 0.3 is 5.97 Å². The first-order valence-electron chi connectivity index (χ1n) is 4.62. The van der Waals surface area contributed by atoms with Gasteiger partial charge in [0.05, 0.1) is 18.2 Å². The Morgan fingerprint density at radius 1 is 1.36 bits per heavy atom. The smallest absolute Gasteiger partial charge is 0.314 e. The molecule has 1 heterocycles. The highest BCUT2D eigenvalue weighted by molar-refractivity contribution is 5.91. The molecule has 0 aliphatic carbocycles. The number of benzene rings is 1. The summed E-state index contributed by atoms with van der Waals surface area (Å²) in [6, 6.07) is 9.57. The van der Waals surface area contributed by atoms with Crippen LogP contribution in [0.4, 0.5) is 5.69 Å². The van der Waals surface area contributed by atoms with Crippen molar-refractivity contribution in [2.24, 2.45) is 10.9 Å². The first kappa shape index (κ1) is 8.94. The van der Waals surface area contributed by atoms with E-state index in [1.807, 2.05) is 30.3 Å². The minimum absolute atomic E-state index is 0.157. The van der Waals surface area contributed by atoms with E-state index in [9.17, 15) is 4.79 Å². The van der Waals surface area contributed by atoms with Gasteiger partial charge in [-0.25, -0.2) is 0 Å². The normalized spacial score (nSPS) is 21.4. The van der Waals surface area contributed by atoms with Gasteiger partial charge in [-0.3, -0.25) is 9.79 Å². The lowest BCUT2D eigenvalue weighted by Crippen LogP contribution is -2.08. The maximum absolute atomic E-state index is 11.1. The van der Waals surface area contributed by atoms with E-state index in [-0.39, 0.29) is 11.9 Å². The van der Waals surface area contributed by atoms with Crippen molar-refractivity contribution in [3.63, 3.8) is 0 Å². The predicted molar refractivity (Wildman–Crippen MR) is 53.7 cm³/mol. The van der Waals surface area contributed by atoms with Crippen LogP contribution in [-0.4, -0.2) is 18.8 Å². The molecule has 0 saturated carbocycles. The number of hydrogen-bond acceptors (Lipinski definition) is 3. The Balaban J connectivity index is 2.03. The van der Waals surface area contributed by atoms with Gasteiger partial charge in [0.2, 0.25) is 0 Å². The van der Waals surface area contributed by atoms with E-state index >= 15 is 0 Å². The van der Waals surface area contributed by atoms with Crippen LogP contribution in [0, 0.1) is 5.92 Å². The van der Waals surface area contributed by atoms with E-state index in [2.05, 4.69) is 4.99 Å². The van der Waals surface area contributed by atoms with E-state index in [0.717, 1.165) is 12.1 Å². The lowest BCUT2D eigenvalue weighted by Gasteiger charge is -1.95. The lowest BCUT2D eigenvalue weighted by molar-refractivity contribution is -0.139. The maximum Gasteiger partial charge on any atom is 0.314 e. The zero-order valence-corrected chi connectivity index (χ0v) is 7.72. The third-order valence-electron chi connectivity index (χ3n) is 2.14. The second kappa shape index (κ2) is 4.05. The first-order chi connectivity index (χ1) is 6.86. The third kappa shape index (κ3) is 1.99. The molecule has 0 bridgehead atoms. The van der Waals surface area contributed by atoms with E-state index in [1.54, 1.807) is 6.21 Å². The van der Waals surface area contributed by atoms with Gasteiger partial charge in [0.1, 0.15) is 0 Å². The Bertz CT molecular complexity index is 346. The Morgan fingerprint density at radius 3 is 2.79 bits per heavy atom. The molecule has 0 N–H and O–H groups in total. The Hall–Kier alpha value is -1.64. The van der Waals surface area contributed by atoms with Crippen LogP contribution in [0.25, 0.3) is 0 Å². The van der Waals surface area contributed by atoms with Crippen molar-refractivity contribution in [2.75, 3.05) is 6.61 Å². The average molecular weight is 189 g/mol. The number of carbonyl (C=O) groups is 1. The Labute approximate surface area is 82.4 Å². The molecule has 1 fully saturated rings. The summed E-state index contributed by atoms with van der Waals surface area (Å²) in [5.74, 6) is -0.320. The van der Waals surface area contributed by atoms with E-state index < -0.39 is 0 Å². The molecule has 0 aromatic heterocycles. The van der Waals surface area contributed by atoms with Crippen molar-refractivity contribution in [3.8, 4) is 0 Å². The van der Waals surface area contributed by atoms with Gasteiger partial charge in [-0.15, -0.1) is 0 Å². The van der Waals surface area contributed by atoms with Gasteiger partial charge in [-0.1, -0.05) is 18.2 Å². The number of hydrogen-bond donors (Lipinski definition) is 0. The number of rotatable bonds is 2. The molecule has 3 nitrogen and oxygen atoms in total. The third-order valence-corrected chi connectivity index (χ3v) is 2.14. The SMILES string of the molecule is O=C1OCCC1C=Nc1ccccc1. The number of carbonyl (C=O) groups excluding carboxylic acids is 1. The number of ether oxygens (including phenoxy) is 1. The molecule has 0 radical (unpaired) electrons. The van der Waals surface area contributed by atoms with Crippen LogP contribution in [0.5, 0.6) is 0 Å². The average Bonchev–Trinajstić information content (AvgIpc) is 2.63. The minimum atomic E-state index is -0.162. The van der Waals surface area contributed by atoms with Crippen molar-refractivity contribution in [3.05, 3.63) is 30.3 Å². The van der Waals surface area contributed by atoms with Crippen LogP contribution in [-0.2, 0) is 9.53 Å². The second-order valence-electron chi connectivity index (χ2n) is 3.18. The van der Waals surface area contributed by atoms with Gasteiger partial charge in [0, 0.05) is 6.21 Å². The number of aliphatic imine (C=N–C) groups is 1. The number of nitrogens with zero attached hydrogens (tertiary/aromatic N) is 1. The summed E-state index contributed by atoms with van der Waals surface area (Å²) < 4.78 is 4.82. The maximum atomic E-state index is 11.1. The molecule has 1 aromatic rings. The van der Waals surface area contributed by atoms with E-state index in [1.165, 1.54) is 0 Å². The molecule has 1 unspecified atom stereocenters. The molecule has 0 spiro atoms. The fraction of sp³-hybridized carbons (Fsp3) is 0.273. The monoisotopic (exact) mass is 189 g/mol. The molecule has 1 saturated heterocycles. The quantitative estimate of drug-likeness (QED) is 0.527. The number of esters is 1. The highest BCUT2D eigenvalue weighted by Crippen LogP contribution is 2.15. The Kier molecular flexibility index (Phi) is 2.58. The van der Waals surface area contributed by atoms with E-state index in [0.29, 0.717) is 6.61 Å². The summed E-state index contributed by atoms with van der Waals surface area (Å²) in [5, 5.41) is 0. The van der Waals surface area contributed by atoms with Crippen molar-refractivity contribution in [1.82, 2.24) is 0 Å². The van der Waals surface area contributed by atoms with Crippen LogP contribution in [0.3, 0.4) is 0 Å². The molecule has 3 heteroatoms. The topological polar surface area (TPSA) is 38.7 Å². The summed E-state index contributed by atoms with van der Waals surface area (Å²) in [7, 11) is 0. The van der Waals surface area contributed by atoms with Gasteiger partial charge in [-0.05, 0) is 18.6 Å². The molecule has 1 aliphatic rings. The predicted octanol–water partition coefficient (Wildman–Crippen LogP) is 1.95. The first-order valence-corrected chi connectivity index (χ1v) is 4.62. The summed E-state index contributed by atoms with van der Waals surface area (Å²) in [5.41, 5.74) is 0.868. The van der Waals surface area contributed by atoms with Crippen LogP contribution in [0.15, 0.2) is 35.3 Å². The highest BCUT2D eigenvalue weighted by Gasteiger charge is 2.24. The lowest BCUT2D eigenvalue weighted by atomic mass is 10.1. The highest BCUT2D eigenvalue weighted by atomic mass is 16.5. The van der Waals surface area contributed by atoms with Gasteiger partial charge < -0.3 is 4.74 Å². The molecular formula is C11H11NO2. The van der Waals surface area contributed by atoms with E-state index in [4.69, 9.17) is 4.74 Å². The molecule has 14 heavy (non-hydrogen) atoms. The summed E-state index contributed by atoms with van der Waals surface area (Å²) in [6.45, 7) is 0.518. The van der Waals surface area contributed by atoms with Crippen LogP contribution >= 0.6 is 0 Å². The molecule has 1 atom stereocenters. The summed E-state index contributed by atoms with van der Waals surface area (Å²) in [6.07, 6.45) is 2.42. The second-order valence-corrected chi connectivity index (χ2v) is 3.18. The molecule has 2 rings (SSSR count). The minimum Gasteiger partial charge on any atom is -0.465 e. The van der Waals surface area contributed by atoms with Gasteiger partial charge in [0.25, 0.3) is 0 Å². The van der Waals surface area contributed by atoms with Crippen molar-refractivity contribution in [1.29, 1.82) is 0 Å². The molecule has 0 amide bonds. The fourth-order valence-corrected chi connectivity index (χ4v) is 1.34. The zero-order chi connectivity index (χ0) is 9.80. The van der Waals surface area contributed by atoms with Gasteiger partial charge in [0.15, 0.2) is 0 Å². The summed E-state index contributed by atoms with van der Waals surface area (Å²) in [4.78, 5) is 15.3. The van der Waals surface area contributed by atoms with Crippen molar-refractivity contribution < 1.29 is 9.53 Å². The molecule has 1 aromatic carbocycles. The Morgan fingerprint density at radius 2 is 2.14 bits per heavy atom. The summed E-state index contributed by atoms with van der Waals surface area (Å²) >= 11 is 0. The van der Waals surface area contributed by atoms with Crippen molar-refractivity contribution in [2.45, 2.75) is 6.42 Å². The largest absolute Gasteiger partial charge is 0.465 e. The number of para-hydroxylation sites is 1. The standard InChI is InChI=1S/C11H11NO2/c13-11-9(6-7-14-11)8-12-10-4-2-1-3-5-10/h1-5,8-9H,6-7H2. The van der Waals surface area contributed by atoms with Crippen LogP contribution in [0.2, 0.25) is 0 Å². The molecular weight excluding hydrogens is 178 g/mol. The van der Waals surface area contributed by atoms with Gasteiger partial charge in [-0.2, -0.15) is 0 Å². The number of cyclic esters (lactones) is 1. The van der Waals surface area contributed by atoms with Crippen LogP contribution < -0.4 is 0 Å².